The second-order valence-electron chi connectivity index (χ2n) is 5.46. The van der Waals surface area contributed by atoms with Crippen LogP contribution in [-0.2, 0) is 9.53 Å². The zero-order chi connectivity index (χ0) is 14.9. The van der Waals surface area contributed by atoms with E-state index in [1.54, 1.807) is 6.07 Å². The van der Waals surface area contributed by atoms with Gasteiger partial charge in [0, 0.05) is 12.3 Å². The summed E-state index contributed by atoms with van der Waals surface area (Å²) in [5.74, 6) is -0.556. The van der Waals surface area contributed by atoms with Crippen LogP contribution in [0.25, 0.3) is 0 Å². The maximum Gasteiger partial charge on any atom is 0.407 e. The maximum atomic E-state index is 11.4. The molecule has 21 heavy (non-hydrogen) atoms. The molecule has 0 bridgehead atoms. The highest BCUT2D eigenvalue weighted by molar-refractivity contribution is 5.85. The summed E-state index contributed by atoms with van der Waals surface area (Å²) in [7, 11) is 0. The molecule has 116 valence electrons. The number of hydrogen-bond acceptors (Lipinski definition) is 5. The molecule has 1 heterocycles. The molecular formula is C14H18ClNO5. The van der Waals surface area contributed by atoms with Gasteiger partial charge in [-0.25, -0.2) is 4.79 Å². The quantitative estimate of drug-likeness (QED) is 0.647. The van der Waals surface area contributed by atoms with Crippen molar-refractivity contribution >= 4 is 24.5 Å². The van der Waals surface area contributed by atoms with Gasteiger partial charge in [0.05, 0.1) is 6.04 Å². The van der Waals surface area contributed by atoms with Crippen molar-refractivity contribution < 1.29 is 24.2 Å². The van der Waals surface area contributed by atoms with Crippen LogP contribution in [0.4, 0.5) is 4.79 Å². The Morgan fingerprint density at radius 2 is 2.14 bits per heavy atom. The van der Waals surface area contributed by atoms with Gasteiger partial charge in [0.25, 0.3) is 0 Å². The van der Waals surface area contributed by atoms with Crippen LogP contribution in [0, 0.1) is 5.41 Å². The first-order valence-electron chi connectivity index (χ1n) is 6.24. The van der Waals surface area contributed by atoms with Gasteiger partial charge in [0.15, 0.2) is 11.5 Å². The van der Waals surface area contributed by atoms with Crippen LogP contribution in [0.15, 0.2) is 18.2 Å². The van der Waals surface area contributed by atoms with E-state index in [1.165, 1.54) is 19.1 Å². The number of nitrogens with one attached hydrogen (secondary N) is 1. The van der Waals surface area contributed by atoms with Crippen LogP contribution in [0.3, 0.4) is 0 Å². The number of esters is 1. The van der Waals surface area contributed by atoms with Crippen molar-refractivity contribution in [2.45, 2.75) is 26.8 Å². The molecule has 7 heteroatoms. The monoisotopic (exact) mass is 315 g/mol. The van der Waals surface area contributed by atoms with Gasteiger partial charge in [-0.1, -0.05) is 19.9 Å². The second-order valence-corrected chi connectivity index (χ2v) is 5.46. The average Bonchev–Trinajstić information content (AvgIpc) is 2.34. The number of amides is 1. The molecule has 2 rings (SSSR count). The SMILES string of the molecule is CC(=O)Oc1ccc([C@@H]2NC(=O)OCC2(C)C)cc1O.Cl. The van der Waals surface area contributed by atoms with Crippen molar-refractivity contribution in [3.8, 4) is 11.5 Å². The number of halogens is 1. The minimum absolute atomic E-state index is 0. The molecule has 0 saturated carbocycles. The lowest BCUT2D eigenvalue weighted by molar-refractivity contribution is -0.132. The van der Waals surface area contributed by atoms with Gasteiger partial charge in [0.1, 0.15) is 6.61 Å². The highest BCUT2D eigenvalue weighted by Crippen LogP contribution is 2.39. The third-order valence-corrected chi connectivity index (χ3v) is 3.19. The Morgan fingerprint density at radius 1 is 1.48 bits per heavy atom. The predicted octanol–water partition coefficient (Wildman–Crippen LogP) is 2.55. The van der Waals surface area contributed by atoms with Crippen molar-refractivity contribution in [1.29, 1.82) is 0 Å². The zero-order valence-electron chi connectivity index (χ0n) is 12.0. The van der Waals surface area contributed by atoms with Crippen molar-refractivity contribution in [3.05, 3.63) is 23.8 Å². The number of carbonyl (C=O) groups excluding carboxylic acids is 2. The number of ether oxygens (including phenoxy) is 2. The first-order valence-corrected chi connectivity index (χ1v) is 6.24. The largest absolute Gasteiger partial charge is 0.504 e. The first-order chi connectivity index (χ1) is 9.29. The van der Waals surface area contributed by atoms with Gasteiger partial charge in [-0.15, -0.1) is 12.4 Å². The molecule has 1 atom stereocenters. The third-order valence-electron chi connectivity index (χ3n) is 3.19. The zero-order valence-corrected chi connectivity index (χ0v) is 12.8. The number of aromatic hydroxyl groups is 1. The number of alkyl carbamates (subject to hydrolysis) is 1. The standard InChI is InChI=1S/C14H17NO5.ClH/c1-8(16)20-11-5-4-9(6-10(11)17)12-14(2,3)7-19-13(18)15-12;/h4-6,12,17H,7H2,1-3H3,(H,15,18);1H/t12-;/m0./s1. The molecule has 6 nitrogen and oxygen atoms in total. The molecule has 0 spiro atoms. The average molecular weight is 316 g/mol. The van der Waals surface area contributed by atoms with Crippen molar-refractivity contribution in [1.82, 2.24) is 5.32 Å². The molecule has 0 aromatic heterocycles. The van der Waals surface area contributed by atoms with Crippen LogP contribution in [-0.4, -0.2) is 23.8 Å². The van der Waals surface area contributed by atoms with Crippen LogP contribution in [0.5, 0.6) is 11.5 Å². The summed E-state index contributed by atoms with van der Waals surface area (Å²) in [6, 6.07) is 4.40. The molecule has 0 unspecified atom stereocenters. The summed E-state index contributed by atoms with van der Waals surface area (Å²) in [5.41, 5.74) is 0.406. The Balaban J connectivity index is 0.00000220. The molecule has 0 aliphatic carbocycles. The molecule has 1 aliphatic rings. The van der Waals surface area contributed by atoms with E-state index >= 15 is 0 Å². The minimum atomic E-state index is -0.507. The van der Waals surface area contributed by atoms with Crippen molar-refractivity contribution in [2.24, 2.45) is 5.41 Å². The fourth-order valence-corrected chi connectivity index (χ4v) is 2.18. The molecule has 1 fully saturated rings. The maximum absolute atomic E-state index is 11.4. The number of rotatable bonds is 2. The van der Waals surface area contributed by atoms with Crippen molar-refractivity contribution in [2.75, 3.05) is 6.61 Å². The Labute approximate surface area is 128 Å². The smallest absolute Gasteiger partial charge is 0.407 e. The van der Waals surface area contributed by atoms with Crippen molar-refractivity contribution in [3.63, 3.8) is 0 Å². The highest BCUT2D eigenvalue weighted by atomic mass is 35.5. The lowest BCUT2D eigenvalue weighted by Gasteiger charge is -2.38. The fraction of sp³-hybridized carbons (Fsp3) is 0.429. The topological polar surface area (TPSA) is 84.9 Å². The van der Waals surface area contributed by atoms with E-state index in [2.05, 4.69) is 5.32 Å². The van der Waals surface area contributed by atoms with Gasteiger partial charge in [-0.3, -0.25) is 4.79 Å². The number of phenolic OH excluding ortho intramolecular Hbond substituents is 1. The lowest BCUT2D eigenvalue weighted by atomic mass is 9.80. The molecule has 1 saturated heterocycles. The van der Waals surface area contributed by atoms with E-state index in [-0.39, 0.29) is 42.0 Å². The van der Waals surface area contributed by atoms with E-state index in [0.717, 1.165) is 5.56 Å². The molecule has 1 amide bonds. The van der Waals surface area contributed by atoms with Gasteiger partial charge >= 0.3 is 12.1 Å². The molecular weight excluding hydrogens is 298 g/mol. The van der Waals surface area contributed by atoms with Gasteiger partial charge in [-0.2, -0.15) is 0 Å². The second kappa shape index (κ2) is 6.22. The molecule has 1 aliphatic heterocycles. The number of carbonyl (C=O) groups is 2. The van der Waals surface area contributed by atoms with E-state index < -0.39 is 12.1 Å². The Bertz CT molecular complexity index is 558. The molecule has 1 aromatic rings. The number of phenols is 1. The van der Waals surface area contributed by atoms with Crippen LogP contribution < -0.4 is 10.1 Å². The van der Waals surface area contributed by atoms with Gasteiger partial charge in [0.2, 0.25) is 0 Å². The number of cyclic esters (lactones) is 1. The first kappa shape index (κ1) is 17.1. The van der Waals surface area contributed by atoms with Crippen LogP contribution in [0.2, 0.25) is 0 Å². The van der Waals surface area contributed by atoms with Gasteiger partial charge < -0.3 is 19.9 Å². The fourth-order valence-electron chi connectivity index (χ4n) is 2.18. The Morgan fingerprint density at radius 3 is 2.71 bits per heavy atom. The van der Waals surface area contributed by atoms with Gasteiger partial charge in [-0.05, 0) is 17.7 Å². The molecule has 2 N–H and O–H groups in total. The normalized spacial score (nSPS) is 19.8. The van der Waals surface area contributed by atoms with Crippen LogP contribution in [0.1, 0.15) is 32.4 Å². The summed E-state index contributed by atoms with van der Waals surface area (Å²) in [4.78, 5) is 22.3. The number of benzene rings is 1. The summed E-state index contributed by atoms with van der Waals surface area (Å²) < 4.78 is 9.83. The third kappa shape index (κ3) is 3.78. The summed E-state index contributed by atoms with van der Waals surface area (Å²) >= 11 is 0. The van der Waals surface area contributed by atoms with E-state index in [9.17, 15) is 14.7 Å². The lowest BCUT2D eigenvalue weighted by Crippen LogP contribution is -2.46. The van der Waals surface area contributed by atoms with Crippen LogP contribution >= 0.6 is 12.4 Å². The Kier molecular flexibility index (Phi) is 5.06. The van der Waals surface area contributed by atoms with E-state index in [0.29, 0.717) is 0 Å². The molecule has 1 aromatic carbocycles. The summed E-state index contributed by atoms with van der Waals surface area (Å²) in [6.45, 7) is 5.45. The minimum Gasteiger partial charge on any atom is -0.504 e. The highest BCUT2D eigenvalue weighted by Gasteiger charge is 2.38. The Hall–Kier alpha value is -1.95. The molecule has 0 radical (unpaired) electrons. The predicted molar refractivity (Wildman–Crippen MR) is 77.7 cm³/mol. The summed E-state index contributed by atoms with van der Waals surface area (Å²) in [6.07, 6.45) is -0.488. The van der Waals surface area contributed by atoms with E-state index in [4.69, 9.17) is 9.47 Å². The van der Waals surface area contributed by atoms with E-state index in [1.807, 2.05) is 13.8 Å². The summed E-state index contributed by atoms with van der Waals surface area (Å²) in [5, 5.41) is 12.6. The number of hydrogen-bond donors (Lipinski definition) is 2.